The van der Waals surface area contributed by atoms with Crippen LogP contribution in [0.1, 0.15) is 58.5 Å². The lowest BCUT2D eigenvalue weighted by Gasteiger charge is -2.27. The number of hydrogen-bond donors (Lipinski definition) is 3. The number of carbonyl (C=O) groups excluding carboxylic acids is 5. The van der Waals surface area contributed by atoms with E-state index >= 15 is 0 Å². The summed E-state index contributed by atoms with van der Waals surface area (Å²) >= 11 is 0. The lowest BCUT2D eigenvalue weighted by molar-refractivity contribution is -0.136. The molecule has 2 aliphatic heterocycles. The number of urea groups is 1. The van der Waals surface area contributed by atoms with Crippen molar-refractivity contribution in [3.63, 3.8) is 0 Å². The quantitative estimate of drug-likeness (QED) is 0.620. The molecular weight excluding hydrogens is 424 g/mol. The Morgan fingerprint density at radius 1 is 1.00 bits per heavy atom. The van der Waals surface area contributed by atoms with Gasteiger partial charge in [-0.1, -0.05) is 29.8 Å². The van der Waals surface area contributed by atoms with Crippen LogP contribution in [-0.4, -0.2) is 40.6 Å². The molecule has 33 heavy (non-hydrogen) atoms. The molecule has 3 N–H and O–H groups in total. The Morgan fingerprint density at radius 3 is 2.33 bits per heavy atom. The summed E-state index contributed by atoms with van der Waals surface area (Å²) in [5.74, 6) is -2.33. The van der Waals surface area contributed by atoms with Crippen LogP contribution in [0.25, 0.3) is 0 Å². The number of nitrogens with zero attached hydrogens (tertiary/aromatic N) is 1. The highest BCUT2D eigenvalue weighted by atomic mass is 16.2. The van der Waals surface area contributed by atoms with Crippen molar-refractivity contribution < 1.29 is 24.0 Å². The highest BCUT2D eigenvalue weighted by Gasteiger charge is 2.44. The van der Waals surface area contributed by atoms with Gasteiger partial charge in [-0.25, -0.2) is 4.79 Å². The topological polar surface area (TPSA) is 125 Å². The van der Waals surface area contributed by atoms with Crippen LogP contribution in [0.4, 0.5) is 10.5 Å². The molecule has 0 spiro atoms. The first-order chi connectivity index (χ1) is 15.6. The summed E-state index contributed by atoms with van der Waals surface area (Å²) in [5, 5.41) is 7.76. The van der Waals surface area contributed by atoms with Crippen LogP contribution in [0.2, 0.25) is 0 Å². The smallest absolute Gasteiger partial charge is 0.319 e. The van der Waals surface area contributed by atoms with E-state index in [1.54, 1.807) is 0 Å². The molecule has 9 heteroatoms. The summed E-state index contributed by atoms with van der Waals surface area (Å²) in [5.41, 5.74) is 1.97. The zero-order valence-corrected chi connectivity index (χ0v) is 18.5. The summed E-state index contributed by atoms with van der Waals surface area (Å²) in [6.07, 6.45) is 0.130. The van der Waals surface area contributed by atoms with E-state index in [2.05, 4.69) is 16.0 Å². The monoisotopic (exact) mass is 448 g/mol. The first-order valence-electron chi connectivity index (χ1n) is 10.6. The number of nitrogens with one attached hydrogen (secondary N) is 3. The molecule has 0 aliphatic carbocycles. The SMILES string of the molecule is Cc1ccc(C(C)(C)NC(=O)Nc2ccc3c(c2)C(=O)N(C2CCC(=O)NC2=O)C3=O)cc1. The van der Waals surface area contributed by atoms with Gasteiger partial charge < -0.3 is 10.6 Å². The third-order valence-electron chi connectivity index (χ3n) is 5.90. The van der Waals surface area contributed by atoms with E-state index in [-0.39, 0.29) is 24.0 Å². The van der Waals surface area contributed by atoms with Gasteiger partial charge >= 0.3 is 6.03 Å². The Balaban J connectivity index is 1.49. The van der Waals surface area contributed by atoms with Crippen molar-refractivity contribution in [3.05, 3.63) is 64.7 Å². The summed E-state index contributed by atoms with van der Waals surface area (Å²) in [6, 6.07) is 10.7. The van der Waals surface area contributed by atoms with Gasteiger partial charge in [0.25, 0.3) is 11.8 Å². The molecule has 0 radical (unpaired) electrons. The Hall–Kier alpha value is -4.01. The van der Waals surface area contributed by atoms with Crippen molar-refractivity contribution in [2.75, 3.05) is 5.32 Å². The third kappa shape index (κ3) is 4.21. The van der Waals surface area contributed by atoms with Crippen molar-refractivity contribution in [1.82, 2.24) is 15.5 Å². The van der Waals surface area contributed by atoms with Gasteiger partial charge in [-0.15, -0.1) is 0 Å². The predicted octanol–water partition coefficient (Wildman–Crippen LogP) is 2.45. The van der Waals surface area contributed by atoms with Crippen LogP contribution >= 0.6 is 0 Å². The maximum atomic E-state index is 12.9. The predicted molar refractivity (Wildman–Crippen MR) is 119 cm³/mol. The molecule has 2 aliphatic rings. The van der Waals surface area contributed by atoms with E-state index in [1.807, 2.05) is 45.0 Å². The molecular formula is C24H24N4O5. The number of fused-ring (bicyclic) bond motifs is 1. The average Bonchev–Trinajstić information content (AvgIpc) is 2.98. The van der Waals surface area contributed by atoms with Crippen LogP contribution in [0, 0.1) is 6.92 Å². The maximum Gasteiger partial charge on any atom is 0.319 e. The van der Waals surface area contributed by atoms with Gasteiger partial charge in [0.1, 0.15) is 6.04 Å². The molecule has 1 unspecified atom stereocenters. The zero-order valence-electron chi connectivity index (χ0n) is 18.5. The lowest BCUT2D eigenvalue weighted by atomic mass is 9.94. The molecule has 2 aromatic rings. The van der Waals surface area contributed by atoms with E-state index in [0.717, 1.165) is 16.0 Å². The summed E-state index contributed by atoms with van der Waals surface area (Å²) in [7, 11) is 0. The van der Waals surface area contributed by atoms with Crippen LogP contribution < -0.4 is 16.0 Å². The van der Waals surface area contributed by atoms with Crippen LogP contribution in [-0.2, 0) is 15.1 Å². The molecule has 2 heterocycles. The lowest BCUT2D eigenvalue weighted by Crippen LogP contribution is -2.54. The van der Waals surface area contributed by atoms with Gasteiger partial charge in [-0.2, -0.15) is 0 Å². The van der Waals surface area contributed by atoms with Gasteiger partial charge in [-0.05, 0) is 51.0 Å². The molecule has 4 rings (SSSR count). The number of anilines is 1. The number of imide groups is 2. The van der Waals surface area contributed by atoms with E-state index in [4.69, 9.17) is 0 Å². The Bertz CT molecular complexity index is 1190. The minimum absolute atomic E-state index is 0.0492. The molecule has 2 aromatic carbocycles. The van der Waals surface area contributed by atoms with Crippen molar-refractivity contribution in [2.24, 2.45) is 0 Å². The Labute approximate surface area is 190 Å². The second-order valence-corrected chi connectivity index (χ2v) is 8.78. The molecule has 0 bridgehead atoms. The second kappa shape index (κ2) is 8.16. The highest BCUT2D eigenvalue weighted by Crippen LogP contribution is 2.29. The molecule has 1 atom stereocenters. The van der Waals surface area contributed by atoms with Crippen molar-refractivity contribution in [1.29, 1.82) is 0 Å². The first-order valence-corrected chi connectivity index (χ1v) is 10.6. The number of aryl methyl sites for hydroxylation is 1. The van der Waals surface area contributed by atoms with Gasteiger partial charge in [0.2, 0.25) is 11.8 Å². The normalized spacial score (nSPS) is 18.2. The summed E-state index contributed by atoms with van der Waals surface area (Å²) < 4.78 is 0. The first kappa shape index (κ1) is 22.2. The number of amides is 6. The number of rotatable bonds is 4. The van der Waals surface area contributed by atoms with E-state index in [0.29, 0.717) is 5.69 Å². The number of hydrogen-bond acceptors (Lipinski definition) is 5. The van der Waals surface area contributed by atoms with Gasteiger partial charge in [0.05, 0.1) is 16.7 Å². The molecule has 170 valence electrons. The van der Waals surface area contributed by atoms with Crippen molar-refractivity contribution >= 4 is 35.3 Å². The van der Waals surface area contributed by atoms with Crippen molar-refractivity contribution in [3.8, 4) is 0 Å². The van der Waals surface area contributed by atoms with Crippen LogP contribution in [0.15, 0.2) is 42.5 Å². The standard InChI is InChI=1S/C24H24N4O5/c1-13-4-6-14(7-5-13)24(2,3)27-23(33)25-15-8-9-16-17(12-15)22(32)28(21(16)31)18-10-11-19(29)26-20(18)30/h4-9,12,18H,10-11H2,1-3H3,(H2,25,27,33)(H,26,29,30). The van der Waals surface area contributed by atoms with Gasteiger partial charge in [0, 0.05) is 12.1 Å². The molecule has 0 aromatic heterocycles. The summed E-state index contributed by atoms with van der Waals surface area (Å²) in [4.78, 5) is 62.8. The van der Waals surface area contributed by atoms with Gasteiger partial charge in [-0.3, -0.25) is 29.4 Å². The van der Waals surface area contributed by atoms with E-state index in [1.165, 1.54) is 18.2 Å². The fourth-order valence-electron chi connectivity index (χ4n) is 4.04. The highest BCUT2D eigenvalue weighted by molar-refractivity contribution is 6.23. The average molecular weight is 448 g/mol. The van der Waals surface area contributed by atoms with Gasteiger partial charge in [0.15, 0.2) is 0 Å². The largest absolute Gasteiger partial charge is 0.329 e. The Morgan fingerprint density at radius 2 is 1.67 bits per heavy atom. The number of benzene rings is 2. The third-order valence-corrected chi connectivity index (χ3v) is 5.90. The molecule has 6 amide bonds. The molecule has 0 saturated carbocycles. The minimum Gasteiger partial charge on any atom is -0.329 e. The van der Waals surface area contributed by atoms with Crippen molar-refractivity contribution in [2.45, 2.75) is 45.2 Å². The number of piperidine rings is 1. The summed E-state index contributed by atoms with van der Waals surface area (Å²) in [6.45, 7) is 5.73. The fourth-order valence-corrected chi connectivity index (χ4v) is 4.04. The fraction of sp³-hybridized carbons (Fsp3) is 0.292. The molecule has 1 fully saturated rings. The minimum atomic E-state index is -1.04. The Kier molecular flexibility index (Phi) is 5.49. The molecule has 1 saturated heterocycles. The zero-order chi connectivity index (χ0) is 23.9. The second-order valence-electron chi connectivity index (χ2n) is 8.78. The van der Waals surface area contributed by atoms with Crippen LogP contribution in [0.5, 0.6) is 0 Å². The van der Waals surface area contributed by atoms with E-state index < -0.39 is 41.2 Å². The van der Waals surface area contributed by atoms with Crippen LogP contribution in [0.3, 0.4) is 0 Å². The van der Waals surface area contributed by atoms with E-state index in [9.17, 15) is 24.0 Å². The molecule has 9 nitrogen and oxygen atoms in total. The number of carbonyl (C=O) groups is 5. The maximum absolute atomic E-state index is 12.9.